The minimum atomic E-state index is -0.413. The van der Waals surface area contributed by atoms with Gasteiger partial charge in [0.15, 0.2) is 0 Å². The van der Waals surface area contributed by atoms with Gasteiger partial charge in [-0.15, -0.1) is 0 Å². The van der Waals surface area contributed by atoms with E-state index in [-0.39, 0.29) is 0 Å². The number of ether oxygens (including phenoxy) is 1. The molecular weight excluding hydrogens is 207 g/mol. The first kappa shape index (κ1) is 11.3. The van der Waals surface area contributed by atoms with Gasteiger partial charge in [-0.25, -0.2) is 4.98 Å². The normalized spacial score (nSPS) is 17.8. The Balaban J connectivity index is 1.94. The molecule has 0 atom stereocenters. The minimum Gasteiger partial charge on any atom is -0.378 e. The lowest BCUT2D eigenvalue weighted by Crippen LogP contribution is -2.37. The van der Waals surface area contributed by atoms with Gasteiger partial charge in [-0.3, -0.25) is 0 Å². The smallest absolute Gasteiger partial charge is 0.214 e. The highest BCUT2D eigenvalue weighted by Crippen LogP contribution is 2.21. The number of rotatable bonds is 3. The van der Waals surface area contributed by atoms with Gasteiger partial charge in [0.2, 0.25) is 5.95 Å². The molecule has 4 heteroatoms. The quantitative estimate of drug-likeness (QED) is 0.736. The molecule has 0 aromatic carbocycles. The standard InChI is InChI=1S/C12H17FN2O/c1-2-16-11-4-7-15(8-5-11)10-3-6-14-12(13)9-10/h3,6,9,11H,2,4-5,7-8H2,1H3. The predicted molar refractivity (Wildman–Crippen MR) is 61.1 cm³/mol. The molecule has 0 N–H and O–H groups in total. The molecule has 3 nitrogen and oxygen atoms in total. The SMILES string of the molecule is CCOC1CCN(c2ccnc(F)c2)CC1. The van der Waals surface area contributed by atoms with Crippen molar-refractivity contribution in [2.45, 2.75) is 25.9 Å². The van der Waals surface area contributed by atoms with E-state index in [1.165, 1.54) is 12.3 Å². The van der Waals surface area contributed by atoms with E-state index in [4.69, 9.17) is 4.74 Å². The van der Waals surface area contributed by atoms with Gasteiger partial charge >= 0.3 is 0 Å². The first-order valence-corrected chi connectivity index (χ1v) is 5.77. The Kier molecular flexibility index (Phi) is 3.72. The van der Waals surface area contributed by atoms with Crippen LogP contribution in [-0.2, 0) is 4.74 Å². The van der Waals surface area contributed by atoms with E-state index < -0.39 is 5.95 Å². The maximum Gasteiger partial charge on any atom is 0.214 e. The van der Waals surface area contributed by atoms with E-state index in [2.05, 4.69) is 9.88 Å². The Morgan fingerprint density at radius 3 is 2.88 bits per heavy atom. The molecule has 0 amide bonds. The highest BCUT2D eigenvalue weighted by atomic mass is 19.1. The molecule has 0 aliphatic carbocycles. The van der Waals surface area contributed by atoms with Gasteiger partial charge in [0.05, 0.1) is 6.10 Å². The van der Waals surface area contributed by atoms with Crippen LogP contribution in [0.15, 0.2) is 18.3 Å². The highest BCUT2D eigenvalue weighted by Gasteiger charge is 2.19. The third-order valence-electron chi connectivity index (χ3n) is 2.92. The zero-order valence-corrected chi connectivity index (χ0v) is 9.53. The third kappa shape index (κ3) is 2.70. The number of hydrogen-bond acceptors (Lipinski definition) is 3. The van der Waals surface area contributed by atoms with Crippen molar-refractivity contribution in [1.29, 1.82) is 0 Å². The first-order chi connectivity index (χ1) is 7.79. The molecule has 0 bridgehead atoms. The first-order valence-electron chi connectivity index (χ1n) is 5.77. The largest absolute Gasteiger partial charge is 0.378 e. The van der Waals surface area contributed by atoms with E-state index in [1.54, 1.807) is 0 Å². The molecule has 1 aliphatic heterocycles. The van der Waals surface area contributed by atoms with Gasteiger partial charge in [-0.2, -0.15) is 4.39 Å². The molecule has 1 saturated heterocycles. The van der Waals surface area contributed by atoms with Crippen molar-refractivity contribution in [1.82, 2.24) is 4.98 Å². The van der Waals surface area contributed by atoms with Crippen LogP contribution < -0.4 is 4.90 Å². The van der Waals surface area contributed by atoms with Crippen molar-refractivity contribution >= 4 is 5.69 Å². The molecule has 1 aromatic heterocycles. The Morgan fingerprint density at radius 1 is 1.50 bits per heavy atom. The monoisotopic (exact) mass is 224 g/mol. The maximum absolute atomic E-state index is 13.0. The minimum absolute atomic E-state index is 0.368. The lowest BCUT2D eigenvalue weighted by Gasteiger charge is -2.33. The van der Waals surface area contributed by atoms with E-state index >= 15 is 0 Å². The van der Waals surface area contributed by atoms with Crippen molar-refractivity contribution in [3.8, 4) is 0 Å². The van der Waals surface area contributed by atoms with Crippen LogP contribution in [0.4, 0.5) is 10.1 Å². The summed E-state index contributed by atoms with van der Waals surface area (Å²) in [4.78, 5) is 5.74. The Morgan fingerprint density at radius 2 is 2.25 bits per heavy atom. The zero-order valence-electron chi connectivity index (χ0n) is 9.53. The fourth-order valence-electron chi connectivity index (χ4n) is 2.11. The summed E-state index contributed by atoms with van der Waals surface area (Å²) in [5.74, 6) is -0.413. The number of aromatic nitrogens is 1. The molecule has 0 saturated carbocycles. The summed E-state index contributed by atoms with van der Waals surface area (Å²) in [7, 11) is 0. The van der Waals surface area contributed by atoms with Crippen LogP contribution in [0.3, 0.4) is 0 Å². The Hall–Kier alpha value is -1.16. The second-order valence-corrected chi connectivity index (χ2v) is 3.98. The number of nitrogens with zero attached hydrogens (tertiary/aromatic N) is 2. The van der Waals surface area contributed by atoms with E-state index in [0.29, 0.717) is 6.10 Å². The summed E-state index contributed by atoms with van der Waals surface area (Å²) in [6.45, 7) is 4.64. The van der Waals surface area contributed by atoms with Gasteiger partial charge in [-0.1, -0.05) is 0 Å². The summed E-state index contributed by atoms with van der Waals surface area (Å²) in [6.07, 6.45) is 3.91. The summed E-state index contributed by atoms with van der Waals surface area (Å²) >= 11 is 0. The summed E-state index contributed by atoms with van der Waals surface area (Å²) in [6, 6.07) is 3.34. The van der Waals surface area contributed by atoms with Gasteiger partial charge in [0, 0.05) is 37.6 Å². The molecule has 0 unspecified atom stereocenters. The topological polar surface area (TPSA) is 25.4 Å². The number of hydrogen-bond donors (Lipinski definition) is 0. The van der Waals surface area contributed by atoms with Crippen molar-refractivity contribution in [2.75, 3.05) is 24.6 Å². The molecule has 88 valence electrons. The molecule has 1 fully saturated rings. The van der Waals surface area contributed by atoms with Gasteiger partial charge in [0.25, 0.3) is 0 Å². The summed E-state index contributed by atoms with van der Waals surface area (Å²) in [5, 5.41) is 0. The van der Waals surface area contributed by atoms with Crippen molar-refractivity contribution in [2.24, 2.45) is 0 Å². The molecular formula is C12H17FN2O. The number of piperidine rings is 1. The fourth-order valence-corrected chi connectivity index (χ4v) is 2.11. The lowest BCUT2D eigenvalue weighted by atomic mass is 10.1. The van der Waals surface area contributed by atoms with Crippen molar-refractivity contribution in [3.05, 3.63) is 24.3 Å². The Bertz CT molecular complexity index is 338. The number of halogens is 1. The van der Waals surface area contributed by atoms with Crippen LogP contribution in [0.1, 0.15) is 19.8 Å². The van der Waals surface area contributed by atoms with Crippen LogP contribution in [0.5, 0.6) is 0 Å². The number of anilines is 1. The molecule has 1 aliphatic rings. The molecule has 1 aromatic rings. The second kappa shape index (κ2) is 5.25. The van der Waals surface area contributed by atoms with Crippen molar-refractivity contribution < 1.29 is 9.13 Å². The maximum atomic E-state index is 13.0. The molecule has 2 rings (SSSR count). The lowest BCUT2D eigenvalue weighted by molar-refractivity contribution is 0.0459. The predicted octanol–water partition coefficient (Wildman–Crippen LogP) is 2.23. The Labute approximate surface area is 95.2 Å². The third-order valence-corrected chi connectivity index (χ3v) is 2.92. The average molecular weight is 224 g/mol. The molecule has 0 spiro atoms. The number of pyridine rings is 1. The van der Waals surface area contributed by atoms with E-state index in [1.807, 2.05) is 13.0 Å². The highest BCUT2D eigenvalue weighted by molar-refractivity contribution is 5.45. The van der Waals surface area contributed by atoms with Gasteiger partial charge in [0.1, 0.15) is 0 Å². The van der Waals surface area contributed by atoms with E-state index in [0.717, 1.165) is 38.2 Å². The van der Waals surface area contributed by atoms with Gasteiger partial charge in [-0.05, 0) is 25.8 Å². The van der Waals surface area contributed by atoms with Crippen LogP contribution in [-0.4, -0.2) is 30.8 Å². The second-order valence-electron chi connectivity index (χ2n) is 3.98. The van der Waals surface area contributed by atoms with Crippen LogP contribution in [0.2, 0.25) is 0 Å². The average Bonchev–Trinajstić information content (AvgIpc) is 2.30. The van der Waals surface area contributed by atoms with Crippen LogP contribution >= 0.6 is 0 Å². The van der Waals surface area contributed by atoms with Crippen molar-refractivity contribution in [3.63, 3.8) is 0 Å². The van der Waals surface area contributed by atoms with Crippen LogP contribution in [0.25, 0.3) is 0 Å². The van der Waals surface area contributed by atoms with Gasteiger partial charge < -0.3 is 9.64 Å². The molecule has 2 heterocycles. The van der Waals surface area contributed by atoms with Crippen LogP contribution in [0, 0.1) is 5.95 Å². The fraction of sp³-hybridized carbons (Fsp3) is 0.583. The summed E-state index contributed by atoms with van der Waals surface area (Å²) < 4.78 is 18.5. The van der Waals surface area contributed by atoms with E-state index in [9.17, 15) is 4.39 Å². The molecule has 16 heavy (non-hydrogen) atoms. The zero-order chi connectivity index (χ0) is 11.4. The summed E-state index contributed by atoms with van der Waals surface area (Å²) in [5.41, 5.74) is 0.919. The molecule has 0 radical (unpaired) electrons.